The van der Waals surface area contributed by atoms with Crippen LogP contribution in [-0.2, 0) is 9.53 Å². The molecule has 1 aliphatic heterocycles. The highest BCUT2D eigenvalue weighted by Gasteiger charge is 2.43. The first-order chi connectivity index (χ1) is 11.6. The average molecular weight is 325 g/mol. The molecular weight excluding hydrogens is 306 g/mol. The fourth-order valence-electron chi connectivity index (χ4n) is 3.31. The lowest BCUT2D eigenvalue weighted by molar-refractivity contribution is -0.140. The highest BCUT2D eigenvalue weighted by molar-refractivity contribution is 6.00. The summed E-state index contributed by atoms with van der Waals surface area (Å²) in [4.78, 5) is 26.6. The maximum atomic E-state index is 13.0. The number of methoxy groups -OCH3 is 1. The molecule has 1 aliphatic rings. The molecule has 2 atom stereocenters. The molecule has 0 bridgehead atoms. The highest BCUT2D eigenvalue weighted by atomic mass is 16.5. The minimum absolute atomic E-state index is 0.158. The zero-order valence-corrected chi connectivity index (χ0v) is 13.4. The second-order valence-electron chi connectivity index (χ2n) is 5.75. The van der Waals surface area contributed by atoms with Crippen molar-refractivity contribution < 1.29 is 19.4 Å². The number of carboxylic acids is 1. The first kappa shape index (κ1) is 16.2. The van der Waals surface area contributed by atoms with Crippen LogP contribution in [0.25, 0.3) is 0 Å². The summed E-state index contributed by atoms with van der Waals surface area (Å²) in [5, 5.41) is 9.88. The number of rotatable bonds is 5. The van der Waals surface area contributed by atoms with Crippen LogP contribution < -0.4 is 0 Å². The lowest BCUT2D eigenvalue weighted by Crippen LogP contribution is -2.46. The topological polar surface area (TPSA) is 66.8 Å². The van der Waals surface area contributed by atoms with Gasteiger partial charge < -0.3 is 14.7 Å². The van der Waals surface area contributed by atoms with Gasteiger partial charge in [0.2, 0.25) is 0 Å². The third kappa shape index (κ3) is 2.78. The third-order valence-corrected chi connectivity index (χ3v) is 4.38. The minimum Gasteiger partial charge on any atom is -0.481 e. The van der Waals surface area contributed by atoms with E-state index in [1.54, 1.807) is 36.3 Å². The van der Waals surface area contributed by atoms with Gasteiger partial charge in [0.25, 0.3) is 5.91 Å². The summed E-state index contributed by atoms with van der Waals surface area (Å²) in [6.07, 6.45) is 0. The van der Waals surface area contributed by atoms with Crippen molar-refractivity contribution in [1.82, 2.24) is 4.90 Å². The monoisotopic (exact) mass is 325 g/mol. The van der Waals surface area contributed by atoms with E-state index in [0.29, 0.717) is 24.3 Å². The van der Waals surface area contributed by atoms with E-state index in [-0.39, 0.29) is 5.91 Å². The highest BCUT2D eigenvalue weighted by Crippen LogP contribution is 2.42. The van der Waals surface area contributed by atoms with Gasteiger partial charge in [0, 0.05) is 19.2 Å². The smallest absolute Gasteiger partial charge is 0.313 e. The molecule has 0 radical (unpaired) electrons. The number of benzene rings is 2. The van der Waals surface area contributed by atoms with E-state index in [0.717, 1.165) is 5.56 Å². The number of carboxylic acid groups (broad SMARTS) is 1. The maximum absolute atomic E-state index is 13.0. The van der Waals surface area contributed by atoms with Crippen molar-refractivity contribution in [3.63, 3.8) is 0 Å². The molecule has 5 heteroatoms. The molecule has 0 aliphatic carbocycles. The summed E-state index contributed by atoms with van der Waals surface area (Å²) in [7, 11) is 1.56. The second kappa shape index (κ2) is 6.84. The van der Waals surface area contributed by atoms with E-state index in [1.165, 1.54) is 0 Å². The van der Waals surface area contributed by atoms with Gasteiger partial charge in [0.1, 0.15) is 5.92 Å². The van der Waals surface area contributed by atoms with Crippen molar-refractivity contribution in [2.24, 2.45) is 0 Å². The molecular formula is C19H19NO4. The Balaban J connectivity index is 2.16. The molecule has 0 aromatic heterocycles. The molecule has 3 rings (SSSR count). The quantitative estimate of drug-likeness (QED) is 0.918. The summed E-state index contributed by atoms with van der Waals surface area (Å²) in [5.41, 5.74) is 1.83. The van der Waals surface area contributed by atoms with Gasteiger partial charge in [-0.2, -0.15) is 0 Å². The summed E-state index contributed by atoms with van der Waals surface area (Å²) in [5.74, 6) is -1.90. The Morgan fingerprint density at radius 2 is 1.79 bits per heavy atom. The van der Waals surface area contributed by atoms with E-state index in [2.05, 4.69) is 0 Å². The molecule has 0 spiro atoms. The molecule has 24 heavy (non-hydrogen) atoms. The zero-order valence-electron chi connectivity index (χ0n) is 13.4. The predicted octanol–water partition coefficient (Wildman–Crippen LogP) is 2.70. The number of carbonyl (C=O) groups excluding carboxylic acids is 1. The van der Waals surface area contributed by atoms with E-state index < -0.39 is 17.9 Å². The van der Waals surface area contributed by atoms with Gasteiger partial charge in [-0.3, -0.25) is 9.59 Å². The third-order valence-electron chi connectivity index (χ3n) is 4.38. The van der Waals surface area contributed by atoms with Crippen LogP contribution in [-0.4, -0.2) is 42.1 Å². The standard InChI is InChI=1S/C19H19NO4/c1-24-12-11-20-17(13-7-3-2-4-8-13)16(19(22)23)14-9-5-6-10-15(14)18(20)21/h2-10,16-17H,11-12H2,1H3,(H,22,23). The number of amides is 1. The minimum atomic E-state index is -0.939. The molecule has 2 unspecified atom stereocenters. The molecule has 1 amide bonds. The van der Waals surface area contributed by atoms with Gasteiger partial charge in [-0.05, 0) is 17.2 Å². The largest absolute Gasteiger partial charge is 0.481 e. The van der Waals surface area contributed by atoms with Crippen LogP contribution in [0.2, 0.25) is 0 Å². The first-order valence-electron chi connectivity index (χ1n) is 7.81. The van der Waals surface area contributed by atoms with Crippen molar-refractivity contribution in [2.45, 2.75) is 12.0 Å². The molecule has 0 saturated carbocycles. The van der Waals surface area contributed by atoms with Crippen molar-refractivity contribution in [3.8, 4) is 0 Å². The Labute approximate surface area is 140 Å². The number of hydrogen-bond donors (Lipinski definition) is 1. The Bertz CT molecular complexity index is 744. The van der Waals surface area contributed by atoms with Gasteiger partial charge >= 0.3 is 5.97 Å². The van der Waals surface area contributed by atoms with Crippen LogP contribution in [0.3, 0.4) is 0 Å². The molecule has 1 heterocycles. The van der Waals surface area contributed by atoms with Gasteiger partial charge in [-0.25, -0.2) is 0 Å². The zero-order chi connectivity index (χ0) is 17.1. The summed E-state index contributed by atoms with van der Waals surface area (Å²) in [6.45, 7) is 0.691. The summed E-state index contributed by atoms with van der Waals surface area (Å²) in [6, 6.07) is 15.7. The van der Waals surface area contributed by atoms with Crippen LogP contribution in [0.15, 0.2) is 54.6 Å². The van der Waals surface area contributed by atoms with E-state index >= 15 is 0 Å². The normalized spacial score (nSPS) is 19.9. The van der Waals surface area contributed by atoms with Gasteiger partial charge in [0.05, 0.1) is 12.6 Å². The number of aliphatic carboxylic acids is 1. The van der Waals surface area contributed by atoms with Gasteiger partial charge in [-0.1, -0.05) is 48.5 Å². The Morgan fingerprint density at radius 3 is 2.46 bits per heavy atom. The number of carbonyl (C=O) groups is 2. The van der Waals surface area contributed by atoms with E-state index in [9.17, 15) is 14.7 Å². The molecule has 124 valence electrons. The van der Waals surface area contributed by atoms with Crippen LogP contribution in [0.5, 0.6) is 0 Å². The fourth-order valence-corrected chi connectivity index (χ4v) is 3.31. The predicted molar refractivity (Wildman–Crippen MR) is 88.9 cm³/mol. The first-order valence-corrected chi connectivity index (χ1v) is 7.81. The Kier molecular flexibility index (Phi) is 4.62. The Hall–Kier alpha value is -2.66. The lowest BCUT2D eigenvalue weighted by atomic mass is 9.80. The van der Waals surface area contributed by atoms with Crippen LogP contribution in [0.1, 0.15) is 33.4 Å². The van der Waals surface area contributed by atoms with Crippen molar-refractivity contribution >= 4 is 11.9 Å². The second-order valence-corrected chi connectivity index (χ2v) is 5.75. The molecule has 5 nitrogen and oxygen atoms in total. The van der Waals surface area contributed by atoms with E-state index in [1.807, 2.05) is 30.3 Å². The molecule has 1 N–H and O–H groups in total. The fraction of sp³-hybridized carbons (Fsp3) is 0.263. The number of nitrogens with zero attached hydrogens (tertiary/aromatic N) is 1. The number of ether oxygens (including phenoxy) is 1. The van der Waals surface area contributed by atoms with Crippen LogP contribution in [0, 0.1) is 0 Å². The molecule has 0 fully saturated rings. The van der Waals surface area contributed by atoms with Crippen LogP contribution >= 0.6 is 0 Å². The summed E-state index contributed by atoms with van der Waals surface area (Å²) >= 11 is 0. The summed E-state index contributed by atoms with van der Waals surface area (Å²) < 4.78 is 5.12. The molecule has 2 aromatic carbocycles. The van der Waals surface area contributed by atoms with E-state index in [4.69, 9.17) is 4.74 Å². The SMILES string of the molecule is COCCN1C(=O)c2ccccc2C(C(=O)O)C1c1ccccc1. The lowest BCUT2D eigenvalue weighted by Gasteiger charge is -2.40. The molecule has 0 saturated heterocycles. The van der Waals surface area contributed by atoms with Gasteiger partial charge in [-0.15, -0.1) is 0 Å². The maximum Gasteiger partial charge on any atom is 0.313 e. The number of fused-ring (bicyclic) bond motifs is 1. The molecule has 2 aromatic rings. The van der Waals surface area contributed by atoms with Crippen molar-refractivity contribution in [1.29, 1.82) is 0 Å². The van der Waals surface area contributed by atoms with Crippen molar-refractivity contribution in [2.75, 3.05) is 20.3 Å². The van der Waals surface area contributed by atoms with Gasteiger partial charge in [0.15, 0.2) is 0 Å². The Morgan fingerprint density at radius 1 is 1.12 bits per heavy atom. The van der Waals surface area contributed by atoms with Crippen LogP contribution in [0.4, 0.5) is 0 Å². The average Bonchev–Trinajstić information content (AvgIpc) is 2.61. The van der Waals surface area contributed by atoms with Crippen molar-refractivity contribution in [3.05, 3.63) is 71.3 Å². The number of hydrogen-bond acceptors (Lipinski definition) is 3.